The lowest BCUT2D eigenvalue weighted by Crippen LogP contribution is -2.42. The summed E-state index contributed by atoms with van der Waals surface area (Å²) in [7, 11) is 0. The van der Waals surface area contributed by atoms with Crippen molar-refractivity contribution in [3.05, 3.63) is 0 Å². The first-order chi connectivity index (χ1) is 11.3. The van der Waals surface area contributed by atoms with E-state index in [9.17, 15) is 9.90 Å². The van der Waals surface area contributed by atoms with Crippen LogP contribution in [0.5, 0.6) is 0 Å². The molecule has 0 radical (unpaired) electrons. The number of carbonyl (C=O) groups is 1. The summed E-state index contributed by atoms with van der Waals surface area (Å²) in [5.74, 6) is 2.36. The second kappa shape index (κ2) is 8.66. The summed E-state index contributed by atoms with van der Waals surface area (Å²) >= 11 is 0. The van der Waals surface area contributed by atoms with Crippen LogP contribution in [0.2, 0.25) is 0 Å². The first-order valence-corrected chi connectivity index (χ1v) is 9.89. The van der Waals surface area contributed by atoms with E-state index in [-0.39, 0.29) is 11.8 Å². The van der Waals surface area contributed by atoms with E-state index in [1.165, 1.54) is 0 Å². The summed E-state index contributed by atoms with van der Waals surface area (Å²) in [5.41, 5.74) is -0.611. The predicted octanol–water partition coefficient (Wildman–Crippen LogP) is 3.47. The highest BCUT2D eigenvalue weighted by Gasteiger charge is 2.34. The van der Waals surface area contributed by atoms with Crippen LogP contribution in [0.1, 0.15) is 66.2 Å². The van der Waals surface area contributed by atoms with E-state index in [0.717, 1.165) is 64.1 Å². The molecule has 140 valence electrons. The topological polar surface area (TPSA) is 49.8 Å². The van der Waals surface area contributed by atoms with Gasteiger partial charge in [0.15, 0.2) is 0 Å². The summed E-state index contributed by atoms with van der Waals surface area (Å²) < 4.78 is 5.90. The minimum atomic E-state index is -0.611. The fourth-order valence-corrected chi connectivity index (χ4v) is 4.09. The van der Waals surface area contributed by atoms with Crippen molar-refractivity contribution in [1.29, 1.82) is 0 Å². The zero-order chi connectivity index (χ0) is 17.7. The molecule has 1 N–H and O–H groups in total. The number of hydrogen-bond acceptors (Lipinski definition) is 3. The molecule has 0 unspecified atom stereocenters. The van der Waals surface area contributed by atoms with E-state index in [4.69, 9.17) is 4.74 Å². The molecule has 0 atom stereocenters. The molecule has 0 aromatic heterocycles. The van der Waals surface area contributed by atoms with Gasteiger partial charge in [-0.25, -0.2) is 0 Å². The predicted molar refractivity (Wildman–Crippen MR) is 96.7 cm³/mol. The molecule has 2 rings (SSSR count). The average molecular weight is 340 g/mol. The Bertz CT molecular complexity index is 392. The third-order valence-electron chi connectivity index (χ3n) is 6.05. The van der Waals surface area contributed by atoms with Gasteiger partial charge in [0.1, 0.15) is 0 Å². The molecule has 1 saturated heterocycles. The van der Waals surface area contributed by atoms with Gasteiger partial charge in [-0.05, 0) is 56.3 Å². The molecule has 1 aliphatic heterocycles. The van der Waals surface area contributed by atoms with Crippen LogP contribution in [0.3, 0.4) is 0 Å². The van der Waals surface area contributed by atoms with Gasteiger partial charge in [0.25, 0.3) is 0 Å². The third kappa shape index (κ3) is 5.45. The fraction of sp³-hybridized carbons (Fsp3) is 0.950. The number of piperidine rings is 1. The Morgan fingerprint density at radius 1 is 1.12 bits per heavy atom. The third-order valence-corrected chi connectivity index (χ3v) is 6.05. The van der Waals surface area contributed by atoms with Crippen molar-refractivity contribution in [1.82, 2.24) is 4.90 Å². The molecular formula is C20H37NO3. The molecule has 1 aliphatic carbocycles. The normalized spacial score (nSPS) is 29.5. The largest absolute Gasteiger partial charge is 0.387 e. The van der Waals surface area contributed by atoms with Crippen LogP contribution in [0.15, 0.2) is 0 Å². The van der Waals surface area contributed by atoms with Crippen molar-refractivity contribution < 1.29 is 14.6 Å². The first-order valence-electron chi connectivity index (χ1n) is 9.89. The molecule has 0 aromatic rings. The molecular weight excluding hydrogens is 302 g/mol. The van der Waals surface area contributed by atoms with Crippen LogP contribution >= 0.6 is 0 Å². The Morgan fingerprint density at radius 3 is 2.21 bits per heavy atom. The highest BCUT2D eigenvalue weighted by atomic mass is 16.5. The van der Waals surface area contributed by atoms with E-state index in [0.29, 0.717) is 18.4 Å². The van der Waals surface area contributed by atoms with Crippen molar-refractivity contribution in [2.75, 3.05) is 26.3 Å². The van der Waals surface area contributed by atoms with Crippen molar-refractivity contribution >= 4 is 5.91 Å². The number of aliphatic hydroxyl groups is 1. The van der Waals surface area contributed by atoms with Gasteiger partial charge in [-0.2, -0.15) is 0 Å². The number of rotatable bonds is 6. The standard InChI is InChI=1S/C20H37NO3/c1-15(2)18-5-9-20(23,10-6-18)14-24-13-17-7-11-21(12-8-17)19(22)16(3)4/h15-18,23H,5-14H2,1-4H3. The maximum absolute atomic E-state index is 12.0. The quantitative estimate of drug-likeness (QED) is 0.806. The average Bonchev–Trinajstić information content (AvgIpc) is 2.55. The zero-order valence-corrected chi connectivity index (χ0v) is 16.1. The molecule has 2 fully saturated rings. The van der Waals surface area contributed by atoms with Gasteiger partial charge in [0.05, 0.1) is 12.2 Å². The minimum absolute atomic E-state index is 0.0908. The number of ether oxygens (including phenoxy) is 1. The second-order valence-corrected chi connectivity index (χ2v) is 8.74. The molecule has 4 heteroatoms. The molecule has 2 aliphatic rings. The summed E-state index contributed by atoms with van der Waals surface area (Å²) in [4.78, 5) is 14.0. The van der Waals surface area contributed by atoms with Crippen LogP contribution in [0.25, 0.3) is 0 Å². The Kier molecular flexibility index (Phi) is 7.11. The summed E-state index contributed by atoms with van der Waals surface area (Å²) in [6.07, 6.45) is 6.02. The fourth-order valence-electron chi connectivity index (χ4n) is 4.09. The molecule has 0 spiro atoms. The van der Waals surface area contributed by atoms with Gasteiger partial charge in [0.2, 0.25) is 5.91 Å². The number of nitrogens with zero attached hydrogens (tertiary/aromatic N) is 1. The van der Waals surface area contributed by atoms with E-state index in [2.05, 4.69) is 13.8 Å². The number of hydrogen-bond donors (Lipinski definition) is 1. The van der Waals surface area contributed by atoms with E-state index < -0.39 is 5.60 Å². The monoisotopic (exact) mass is 339 g/mol. The van der Waals surface area contributed by atoms with Crippen LogP contribution in [0.4, 0.5) is 0 Å². The molecule has 1 heterocycles. The molecule has 1 amide bonds. The maximum Gasteiger partial charge on any atom is 0.225 e. The molecule has 1 saturated carbocycles. The molecule has 0 bridgehead atoms. The van der Waals surface area contributed by atoms with E-state index in [1.54, 1.807) is 0 Å². The Labute approximate surface area is 147 Å². The smallest absolute Gasteiger partial charge is 0.225 e. The highest BCUT2D eigenvalue weighted by Crippen LogP contribution is 2.36. The number of likely N-dealkylation sites (tertiary alicyclic amines) is 1. The lowest BCUT2D eigenvalue weighted by molar-refractivity contribution is -0.136. The Hall–Kier alpha value is -0.610. The van der Waals surface area contributed by atoms with Crippen molar-refractivity contribution in [2.45, 2.75) is 71.8 Å². The number of amides is 1. The van der Waals surface area contributed by atoms with Crippen molar-refractivity contribution in [3.63, 3.8) is 0 Å². The minimum Gasteiger partial charge on any atom is -0.387 e. The zero-order valence-electron chi connectivity index (χ0n) is 16.1. The van der Waals surface area contributed by atoms with Crippen LogP contribution in [-0.2, 0) is 9.53 Å². The molecule has 24 heavy (non-hydrogen) atoms. The highest BCUT2D eigenvalue weighted by molar-refractivity contribution is 5.78. The Balaban J connectivity index is 1.64. The number of carbonyl (C=O) groups excluding carboxylic acids is 1. The van der Waals surface area contributed by atoms with Gasteiger partial charge < -0.3 is 14.7 Å². The van der Waals surface area contributed by atoms with Crippen molar-refractivity contribution in [2.24, 2.45) is 23.7 Å². The maximum atomic E-state index is 12.0. The SMILES string of the molecule is CC(C)C(=O)N1CCC(COCC2(O)CCC(C(C)C)CC2)CC1. The van der Waals surface area contributed by atoms with Gasteiger partial charge in [-0.1, -0.05) is 27.7 Å². The van der Waals surface area contributed by atoms with Crippen LogP contribution in [-0.4, -0.2) is 47.8 Å². The lowest BCUT2D eigenvalue weighted by atomic mass is 9.75. The first kappa shape index (κ1) is 19.7. The van der Waals surface area contributed by atoms with Crippen LogP contribution < -0.4 is 0 Å². The van der Waals surface area contributed by atoms with Crippen LogP contribution in [0, 0.1) is 23.7 Å². The summed E-state index contributed by atoms with van der Waals surface area (Å²) in [6.45, 7) is 11.4. The van der Waals surface area contributed by atoms with Gasteiger partial charge in [-0.15, -0.1) is 0 Å². The molecule has 4 nitrogen and oxygen atoms in total. The van der Waals surface area contributed by atoms with E-state index in [1.807, 2.05) is 18.7 Å². The van der Waals surface area contributed by atoms with Crippen molar-refractivity contribution in [3.8, 4) is 0 Å². The molecule has 0 aromatic carbocycles. The summed E-state index contributed by atoms with van der Waals surface area (Å²) in [5, 5.41) is 10.7. The van der Waals surface area contributed by atoms with Gasteiger partial charge in [-0.3, -0.25) is 4.79 Å². The summed E-state index contributed by atoms with van der Waals surface area (Å²) in [6, 6.07) is 0. The van der Waals surface area contributed by atoms with E-state index >= 15 is 0 Å². The second-order valence-electron chi connectivity index (χ2n) is 8.74. The van der Waals surface area contributed by atoms with Gasteiger partial charge in [0, 0.05) is 25.6 Å². The van der Waals surface area contributed by atoms with Gasteiger partial charge >= 0.3 is 0 Å². The Morgan fingerprint density at radius 2 is 1.71 bits per heavy atom. The lowest BCUT2D eigenvalue weighted by Gasteiger charge is -2.38.